The maximum absolute atomic E-state index is 10.5. The SMILES string of the molecule is CC(C)[C@H](CO)[C@H](O)c1ccc([N+](=O)[O-])cc1. The van der Waals surface area contributed by atoms with Gasteiger partial charge in [0.1, 0.15) is 0 Å². The van der Waals surface area contributed by atoms with Crippen molar-refractivity contribution in [1.82, 2.24) is 0 Å². The first-order valence-corrected chi connectivity index (χ1v) is 5.50. The summed E-state index contributed by atoms with van der Waals surface area (Å²) in [5, 5.41) is 29.7. The van der Waals surface area contributed by atoms with E-state index in [-0.39, 0.29) is 24.1 Å². The highest BCUT2D eigenvalue weighted by molar-refractivity contribution is 5.33. The number of hydrogen-bond donors (Lipinski definition) is 2. The van der Waals surface area contributed by atoms with Gasteiger partial charge in [0, 0.05) is 24.7 Å². The number of hydrogen-bond acceptors (Lipinski definition) is 4. The lowest BCUT2D eigenvalue weighted by atomic mass is 9.87. The normalized spacial score (nSPS) is 14.6. The molecule has 5 nitrogen and oxygen atoms in total. The van der Waals surface area contributed by atoms with Crippen LogP contribution in [0.5, 0.6) is 0 Å². The molecule has 0 heterocycles. The molecule has 0 amide bonds. The largest absolute Gasteiger partial charge is 0.396 e. The molecule has 0 aliphatic heterocycles. The van der Waals surface area contributed by atoms with Crippen molar-refractivity contribution in [2.24, 2.45) is 11.8 Å². The van der Waals surface area contributed by atoms with E-state index in [1.807, 2.05) is 13.8 Å². The fourth-order valence-electron chi connectivity index (χ4n) is 1.72. The first-order chi connectivity index (χ1) is 7.97. The van der Waals surface area contributed by atoms with Gasteiger partial charge in [-0.25, -0.2) is 0 Å². The molecule has 94 valence electrons. The van der Waals surface area contributed by atoms with Gasteiger partial charge in [-0.05, 0) is 23.6 Å². The van der Waals surface area contributed by atoms with Gasteiger partial charge in [-0.2, -0.15) is 0 Å². The average molecular weight is 239 g/mol. The van der Waals surface area contributed by atoms with Gasteiger partial charge in [-0.3, -0.25) is 10.1 Å². The first kappa shape index (κ1) is 13.6. The molecule has 0 aliphatic rings. The summed E-state index contributed by atoms with van der Waals surface area (Å²) >= 11 is 0. The number of non-ortho nitro benzene ring substituents is 1. The minimum absolute atomic E-state index is 0.00829. The predicted molar refractivity (Wildman–Crippen MR) is 63.5 cm³/mol. The number of nitro groups is 1. The number of benzene rings is 1. The van der Waals surface area contributed by atoms with Crippen LogP contribution in [0.25, 0.3) is 0 Å². The number of aliphatic hydroxyl groups is 2. The summed E-state index contributed by atoms with van der Waals surface area (Å²) in [6.07, 6.45) is -0.805. The van der Waals surface area contributed by atoms with E-state index in [1.165, 1.54) is 24.3 Å². The molecule has 0 aromatic heterocycles. The van der Waals surface area contributed by atoms with E-state index in [0.29, 0.717) is 5.56 Å². The van der Waals surface area contributed by atoms with Crippen molar-refractivity contribution in [3.63, 3.8) is 0 Å². The molecule has 0 aliphatic carbocycles. The van der Waals surface area contributed by atoms with Crippen LogP contribution in [-0.4, -0.2) is 21.7 Å². The van der Waals surface area contributed by atoms with E-state index in [4.69, 9.17) is 0 Å². The topological polar surface area (TPSA) is 83.6 Å². The summed E-state index contributed by atoms with van der Waals surface area (Å²) in [5.41, 5.74) is 0.578. The highest BCUT2D eigenvalue weighted by Gasteiger charge is 2.23. The van der Waals surface area contributed by atoms with Gasteiger partial charge in [-0.1, -0.05) is 13.8 Å². The van der Waals surface area contributed by atoms with Gasteiger partial charge in [-0.15, -0.1) is 0 Å². The fraction of sp³-hybridized carbons (Fsp3) is 0.500. The summed E-state index contributed by atoms with van der Waals surface area (Å²) in [5.74, 6) is -0.137. The van der Waals surface area contributed by atoms with Crippen molar-refractivity contribution in [3.8, 4) is 0 Å². The van der Waals surface area contributed by atoms with Crippen LogP contribution in [0, 0.1) is 22.0 Å². The number of nitrogens with zero attached hydrogens (tertiary/aromatic N) is 1. The summed E-state index contributed by atoms with van der Waals surface area (Å²) < 4.78 is 0. The van der Waals surface area contributed by atoms with E-state index >= 15 is 0 Å². The Morgan fingerprint density at radius 1 is 1.29 bits per heavy atom. The minimum atomic E-state index is -0.805. The highest BCUT2D eigenvalue weighted by Crippen LogP contribution is 2.28. The van der Waals surface area contributed by atoms with Crippen molar-refractivity contribution >= 4 is 5.69 Å². The molecule has 1 aromatic carbocycles. The second kappa shape index (κ2) is 5.75. The van der Waals surface area contributed by atoms with Crippen LogP contribution in [0.2, 0.25) is 0 Å². The zero-order chi connectivity index (χ0) is 13.0. The molecule has 1 rings (SSSR count). The van der Waals surface area contributed by atoms with Gasteiger partial charge >= 0.3 is 0 Å². The predicted octanol–water partition coefficient (Wildman–Crippen LogP) is 1.89. The van der Waals surface area contributed by atoms with Crippen LogP contribution in [-0.2, 0) is 0 Å². The third-order valence-electron chi connectivity index (χ3n) is 2.92. The van der Waals surface area contributed by atoms with E-state index in [9.17, 15) is 20.3 Å². The van der Waals surface area contributed by atoms with Crippen LogP contribution in [0.3, 0.4) is 0 Å². The highest BCUT2D eigenvalue weighted by atomic mass is 16.6. The summed E-state index contributed by atoms with van der Waals surface area (Å²) in [7, 11) is 0. The molecule has 0 bridgehead atoms. The second-order valence-electron chi connectivity index (χ2n) is 4.38. The molecular weight excluding hydrogens is 222 g/mol. The first-order valence-electron chi connectivity index (χ1n) is 5.50. The molecule has 0 radical (unpaired) electrons. The Morgan fingerprint density at radius 2 is 1.82 bits per heavy atom. The fourth-order valence-corrected chi connectivity index (χ4v) is 1.72. The lowest BCUT2D eigenvalue weighted by Crippen LogP contribution is -2.22. The van der Waals surface area contributed by atoms with Crippen molar-refractivity contribution < 1.29 is 15.1 Å². The average Bonchev–Trinajstić information content (AvgIpc) is 2.29. The quantitative estimate of drug-likeness (QED) is 0.607. The van der Waals surface area contributed by atoms with Gasteiger partial charge in [0.15, 0.2) is 0 Å². The van der Waals surface area contributed by atoms with Crippen LogP contribution in [0.4, 0.5) is 5.69 Å². The Hall–Kier alpha value is -1.46. The molecule has 2 N–H and O–H groups in total. The smallest absolute Gasteiger partial charge is 0.269 e. The maximum atomic E-state index is 10.5. The minimum Gasteiger partial charge on any atom is -0.396 e. The summed E-state index contributed by atoms with van der Waals surface area (Å²) in [6, 6.07) is 5.75. The van der Waals surface area contributed by atoms with Crippen LogP contribution < -0.4 is 0 Å². The third kappa shape index (κ3) is 3.25. The second-order valence-corrected chi connectivity index (χ2v) is 4.38. The molecule has 0 unspecified atom stereocenters. The zero-order valence-electron chi connectivity index (χ0n) is 9.91. The molecule has 0 saturated carbocycles. The molecule has 0 spiro atoms. The van der Waals surface area contributed by atoms with Gasteiger partial charge < -0.3 is 10.2 Å². The maximum Gasteiger partial charge on any atom is 0.269 e. The lowest BCUT2D eigenvalue weighted by Gasteiger charge is -2.24. The monoisotopic (exact) mass is 239 g/mol. The van der Waals surface area contributed by atoms with Crippen molar-refractivity contribution in [2.75, 3.05) is 6.61 Å². The Balaban J connectivity index is 2.88. The van der Waals surface area contributed by atoms with E-state index in [2.05, 4.69) is 0 Å². The van der Waals surface area contributed by atoms with Crippen molar-refractivity contribution in [2.45, 2.75) is 20.0 Å². The number of aliphatic hydroxyl groups excluding tert-OH is 2. The van der Waals surface area contributed by atoms with Crippen LogP contribution in [0.15, 0.2) is 24.3 Å². The van der Waals surface area contributed by atoms with Gasteiger partial charge in [0.05, 0.1) is 11.0 Å². The molecule has 1 aromatic rings. The number of nitro benzene ring substituents is 1. The Morgan fingerprint density at radius 3 is 2.18 bits per heavy atom. The number of rotatable bonds is 5. The molecule has 17 heavy (non-hydrogen) atoms. The zero-order valence-corrected chi connectivity index (χ0v) is 9.91. The lowest BCUT2D eigenvalue weighted by molar-refractivity contribution is -0.384. The van der Waals surface area contributed by atoms with E-state index in [0.717, 1.165) is 0 Å². The molecule has 5 heteroatoms. The van der Waals surface area contributed by atoms with E-state index in [1.54, 1.807) is 0 Å². The van der Waals surface area contributed by atoms with E-state index < -0.39 is 11.0 Å². The summed E-state index contributed by atoms with van der Waals surface area (Å²) in [6.45, 7) is 3.71. The Labute approximate surface area is 99.9 Å². The standard InChI is InChI=1S/C12H17NO4/c1-8(2)11(7-14)12(15)9-3-5-10(6-4-9)13(16)17/h3-6,8,11-12,14-15H,7H2,1-2H3/t11-,12+/m0/s1. The summed E-state index contributed by atoms with van der Waals surface area (Å²) in [4.78, 5) is 10.00. The van der Waals surface area contributed by atoms with Crippen LogP contribution in [0.1, 0.15) is 25.5 Å². The van der Waals surface area contributed by atoms with Gasteiger partial charge in [0.2, 0.25) is 0 Å². The van der Waals surface area contributed by atoms with Crippen molar-refractivity contribution in [3.05, 3.63) is 39.9 Å². The molecule has 0 fully saturated rings. The van der Waals surface area contributed by atoms with Crippen LogP contribution >= 0.6 is 0 Å². The third-order valence-corrected chi connectivity index (χ3v) is 2.92. The van der Waals surface area contributed by atoms with Gasteiger partial charge in [0.25, 0.3) is 5.69 Å². The molecule has 0 saturated heterocycles. The van der Waals surface area contributed by atoms with Crippen molar-refractivity contribution in [1.29, 1.82) is 0 Å². The molecule has 2 atom stereocenters. The Kier molecular flexibility index (Phi) is 4.60. The molecular formula is C12H17NO4. The Bertz CT molecular complexity index is 375.